The molecule has 108 valence electrons. The summed E-state index contributed by atoms with van der Waals surface area (Å²) in [7, 11) is 1.98. The molecule has 4 nitrogen and oxygen atoms in total. The van der Waals surface area contributed by atoms with Crippen LogP contribution < -0.4 is 5.32 Å². The third-order valence-corrected chi connectivity index (χ3v) is 3.53. The van der Waals surface area contributed by atoms with Crippen LogP contribution in [0.5, 0.6) is 0 Å². The van der Waals surface area contributed by atoms with Gasteiger partial charge in [0.2, 0.25) is 0 Å². The van der Waals surface area contributed by atoms with Gasteiger partial charge in [-0.05, 0) is 26.3 Å². The molecule has 0 heterocycles. The average molecular weight is 259 g/mol. The summed E-state index contributed by atoms with van der Waals surface area (Å²) in [5.74, 6) is 0. The molecule has 0 aromatic rings. The standard InChI is InChI=1S/C14H29NO3/c1-3-4-9-17-10-12(16)11-18-14-8-6-5-7-13(14)15-2/h12-16H,3-11H2,1-2H3. The van der Waals surface area contributed by atoms with Crippen LogP contribution in [0.4, 0.5) is 0 Å². The minimum absolute atomic E-state index is 0.244. The van der Waals surface area contributed by atoms with Gasteiger partial charge < -0.3 is 19.9 Å². The zero-order valence-electron chi connectivity index (χ0n) is 11.9. The van der Waals surface area contributed by atoms with Crippen molar-refractivity contribution in [3.8, 4) is 0 Å². The van der Waals surface area contributed by atoms with Gasteiger partial charge in [0.15, 0.2) is 0 Å². The minimum Gasteiger partial charge on any atom is -0.388 e. The van der Waals surface area contributed by atoms with Crippen molar-refractivity contribution >= 4 is 0 Å². The van der Waals surface area contributed by atoms with Crippen molar-refractivity contribution in [1.82, 2.24) is 5.32 Å². The van der Waals surface area contributed by atoms with Gasteiger partial charge in [-0.1, -0.05) is 26.2 Å². The molecule has 4 heteroatoms. The highest BCUT2D eigenvalue weighted by molar-refractivity contribution is 4.80. The molecular weight excluding hydrogens is 230 g/mol. The molecule has 1 rings (SSSR count). The smallest absolute Gasteiger partial charge is 0.101 e. The van der Waals surface area contributed by atoms with E-state index in [1.807, 2.05) is 7.05 Å². The summed E-state index contributed by atoms with van der Waals surface area (Å²) in [6.45, 7) is 3.63. The van der Waals surface area contributed by atoms with Crippen LogP contribution in [0.1, 0.15) is 45.4 Å². The molecule has 0 aromatic carbocycles. The Bertz CT molecular complexity index is 201. The first-order valence-corrected chi connectivity index (χ1v) is 7.32. The van der Waals surface area contributed by atoms with Gasteiger partial charge in [-0.2, -0.15) is 0 Å². The van der Waals surface area contributed by atoms with Crippen LogP contribution >= 0.6 is 0 Å². The summed E-state index contributed by atoms with van der Waals surface area (Å²) < 4.78 is 11.2. The summed E-state index contributed by atoms with van der Waals surface area (Å²) in [6.07, 6.45) is 6.69. The first-order valence-electron chi connectivity index (χ1n) is 7.32. The number of ether oxygens (including phenoxy) is 2. The van der Waals surface area contributed by atoms with Crippen molar-refractivity contribution in [2.45, 2.75) is 63.7 Å². The number of aliphatic hydroxyl groups is 1. The van der Waals surface area contributed by atoms with Crippen molar-refractivity contribution < 1.29 is 14.6 Å². The second kappa shape index (κ2) is 9.73. The Hall–Kier alpha value is -0.160. The lowest BCUT2D eigenvalue weighted by molar-refractivity contribution is -0.0617. The fourth-order valence-electron chi connectivity index (χ4n) is 2.38. The molecule has 3 unspecified atom stereocenters. The van der Waals surface area contributed by atoms with E-state index in [4.69, 9.17) is 9.47 Å². The van der Waals surface area contributed by atoms with Crippen LogP contribution in [0.25, 0.3) is 0 Å². The predicted octanol–water partition coefficient (Wildman–Crippen LogP) is 1.71. The third kappa shape index (κ3) is 6.14. The highest BCUT2D eigenvalue weighted by Gasteiger charge is 2.24. The van der Waals surface area contributed by atoms with Crippen molar-refractivity contribution in [3.05, 3.63) is 0 Å². The number of nitrogens with one attached hydrogen (secondary N) is 1. The van der Waals surface area contributed by atoms with Crippen LogP contribution in [0.15, 0.2) is 0 Å². The second-order valence-corrected chi connectivity index (χ2v) is 5.13. The summed E-state index contributed by atoms with van der Waals surface area (Å²) in [5, 5.41) is 13.1. The lowest BCUT2D eigenvalue weighted by Gasteiger charge is -2.31. The number of unbranched alkanes of at least 4 members (excludes halogenated alkanes) is 1. The van der Waals surface area contributed by atoms with Crippen molar-refractivity contribution in [2.24, 2.45) is 0 Å². The van der Waals surface area contributed by atoms with Gasteiger partial charge in [0.25, 0.3) is 0 Å². The topological polar surface area (TPSA) is 50.7 Å². The van der Waals surface area contributed by atoms with Crippen LogP contribution in [0.2, 0.25) is 0 Å². The molecule has 18 heavy (non-hydrogen) atoms. The maximum atomic E-state index is 9.77. The Kier molecular flexibility index (Phi) is 8.59. The van der Waals surface area contributed by atoms with Crippen LogP contribution in [-0.4, -0.2) is 50.2 Å². The van der Waals surface area contributed by atoms with Crippen molar-refractivity contribution in [3.63, 3.8) is 0 Å². The van der Waals surface area contributed by atoms with E-state index in [0.29, 0.717) is 19.3 Å². The summed E-state index contributed by atoms with van der Waals surface area (Å²) in [4.78, 5) is 0. The molecule has 0 aromatic heterocycles. The monoisotopic (exact) mass is 259 g/mol. The first-order chi connectivity index (χ1) is 8.77. The Labute approximate surface area is 111 Å². The van der Waals surface area contributed by atoms with Gasteiger partial charge >= 0.3 is 0 Å². The molecule has 0 radical (unpaired) electrons. The van der Waals surface area contributed by atoms with Crippen molar-refractivity contribution in [2.75, 3.05) is 26.9 Å². The first kappa shape index (κ1) is 15.9. The number of hydrogen-bond acceptors (Lipinski definition) is 4. The third-order valence-electron chi connectivity index (χ3n) is 3.53. The molecule has 0 amide bonds. The second-order valence-electron chi connectivity index (χ2n) is 5.13. The van der Waals surface area contributed by atoms with Crippen molar-refractivity contribution in [1.29, 1.82) is 0 Å². The minimum atomic E-state index is -0.499. The van der Waals surface area contributed by atoms with Gasteiger partial charge in [-0.15, -0.1) is 0 Å². The highest BCUT2D eigenvalue weighted by atomic mass is 16.5. The van der Waals surface area contributed by atoms with Gasteiger partial charge in [-0.25, -0.2) is 0 Å². The fourth-order valence-corrected chi connectivity index (χ4v) is 2.38. The van der Waals surface area contributed by atoms with Gasteiger partial charge in [-0.3, -0.25) is 0 Å². The molecule has 0 aliphatic heterocycles. The lowest BCUT2D eigenvalue weighted by atomic mass is 9.92. The van der Waals surface area contributed by atoms with E-state index >= 15 is 0 Å². The Balaban J connectivity index is 2.10. The average Bonchev–Trinajstić information content (AvgIpc) is 2.41. The molecular formula is C14H29NO3. The van der Waals surface area contributed by atoms with E-state index in [9.17, 15) is 5.11 Å². The zero-order valence-corrected chi connectivity index (χ0v) is 11.9. The molecule has 1 aliphatic rings. The fraction of sp³-hybridized carbons (Fsp3) is 1.00. The van der Waals surface area contributed by atoms with E-state index in [1.165, 1.54) is 19.3 Å². The highest BCUT2D eigenvalue weighted by Crippen LogP contribution is 2.21. The zero-order chi connectivity index (χ0) is 13.2. The van der Waals surface area contributed by atoms with Gasteiger partial charge in [0.1, 0.15) is 6.10 Å². The van der Waals surface area contributed by atoms with Gasteiger partial charge in [0, 0.05) is 12.6 Å². The molecule has 1 aliphatic carbocycles. The maximum absolute atomic E-state index is 9.77. The lowest BCUT2D eigenvalue weighted by Crippen LogP contribution is -2.43. The van der Waals surface area contributed by atoms with Crippen LogP contribution in [-0.2, 0) is 9.47 Å². The molecule has 3 atom stereocenters. The molecule has 1 fully saturated rings. The van der Waals surface area contributed by atoms with Gasteiger partial charge in [0.05, 0.1) is 19.3 Å². The Morgan fingerprint density at radius 2 is 2.06 bits per heavy atom. The molecule has 0 saturated heterocycles. The van der Waals surface area contributed by atoms with E-state index < -0.39 is 6.10 Å². The molecule has 2 N–H and O–H groups in total. The predicted molar refractivity (Wildman–Crippen MR) is 72.8 cm³/mol. The summed E-state index contributed by atoms with van der Waals surface area (Å²) in [5.41, 5.74) is 0. The Morgan fingerprint density at radius 3 is 2.78 bits per heavy atom. The SMILES string of the molecule is CCCCOCC(O)COC1CCCCC1NC. The molecule has 0 spiro atoms. The molecule has 1 saturated carbocycles. The number of hydrogen-bond donors (Lipinski definition) is 2. The van der Waals surface area contributed by atoms with E-state index in [0.717, 1.165) is 25.9 Å². The number of aliphatic hydroxyl groups excluding tert-OH is 1. The van der Waals surface area contributed by atoms with E-state index in [-0.39, 0.29) is 6.10 Å². The summed E-state index contributed by atoms with van der Waals surface area (Å²) >= 11 is 0. The number of likely N-dealkylation sites (N-methyl/N-ethyl adjacent to an activating group) is 1. The quantitative estimate of drug-likeness (QED) is 0.619. The largest absolute Gasteiger partial charge is 0.388 e. The normalized spacial score (nSPS) is 26.2. The van der Waals surface area contributed by atoms with Crippen LogP contribution in [0, 0.1) is 0 Å². The van der Waals surface area contributed by atoms with E-state index in [2.05, 4.69) is 12.2 Å². The summed E-state index contributed by atoms with van der Waals surface area (Å²) in [6, 6.07) is 0.437. The maximum Gasteiger partial charge on any atom is 0.101 e. The van der Waals surface area contributed by atoms with E-state index in [1.54, 1.807) is 0 Å². The number of rotatable bonds is 9. The Morgan fingerprint density at radius 1 is 1.28 bits per heavy atom. The molecule has 0 bridgehead atoms. The van der Waals surface area contributed by atoms with Crippen LogP contribution in [0.3, 0.4) is 0 Å².